The van der Waals surface area contributed by atoms with Gasteiger partial charge in [0.05, 0.1) is 22.9 Å². The zero-order valence-corrected chi connectivity index (χ0v) is 16.2. The summed E-state index contributed by atoms with van der Waals surface area (Å²) in [5, 5.41) is 4.73. The first-order valence-electron chi connectivity index (χ1n) is 8.62. The van der Waals surface area contributed by atoms with Crippen molar-refractivity contribution in [3.63, 3.8) is 0 Å². The summed E-state index contributed by atoms with van der Waals surface area (Å²) in [5.41, 5.74) is 3.67. The van der Waals surface area contributed by atoms with Crippen molar-refractivity contribution < 1.29 is 9.53 Å². The highest BCUT2D eigenvalue weighted by molar-refractivity contribution is 6.42. The van der Waals surface area contributed by atoms with Crippen molar-refractivity contribution in [2.75, 3.05) is 6.61 Å². The highest BCUT2D eigenvalue weighted by Crippen LogP contribution is 2.22. The molecule has 26 heavy (non-hydrogen) atoms. The van der Waals surface area contributed by atoms with E-state index in [2.05, 4.69) is 17.5 Å². The molecule has 0 fully saturated rings. The highest BCUT2D eigenvalue weighted by atomic mass is 35.5. The molecule has 4 nitrogen and oxygen atoms in total. The van der Waals surface area contributed by atoms with Gasteiger partial charge in [0.1, 0.15) is 5.75 Å². The van der Waals surface area contributed by atoms with Gasteiger partial charge in [-0.25, -0.2) is 5.43 Å². The van der Waals surface area contributed by atoms with E-state index in [1.54, 1.807) is 18.3 Å². The minimum atomic E-state index is -0.363. The second-order valence-electron chi connectivity index (χ2n) is 5.77. The molecule has 0 heterocycles. The first-order valence-corrected chi connectivity index (χ1v) is 9.37. The Balaban J connectivity index is 1.93. The van der Waals surface area contributed by atoms with Crippen molar-refractivity contribution >= 4 is 35.3 Å². The van der Waals surface area contributed by atoms with Crippen LogP contribution < -0.4 is 10.2 Å². The highest BCUT2D eigenvalue weighted by Gasteiger charge is 2.07. The average Bonchev–Trinajstić information content (AvgIpc) is 2.65. The largest absolute Gasteiger partial charge is 0.493 e. The second kappa shape index (κ2) is 10.8. The number of ether oxygens (including phenoxy) is 1. The van der Waals surface area contributed by atoms with Crippen molar-refractivity contribution in [3.05, 3.63) is 63.6 Å². The maximum atomic E-state index is 12.1. The molecule has 2 rings (SSSR count). The van der Waals surface area contributed by atoms with E-state index in [0.717, 1.165) is 24.2 Å². The summed E-state index contributed by atoms with van der Waals surface area (Å²) in [6.07, 6.45) is 6.16. The number of nitrogens with zero attached hydrogens (tertiary/aromatic N) is 1. The van der Waals surface area contributed by atoms with Crippen LogP contribution in [0.4, 0.5) is 0 Å². The third kappa shape index (κ3) is 6.36. The van der Waals surface area contributed by atoms with Gasteiger partial charge < -0.3 is 4.74 Å². The molecular formula is C20H22Cl2N2O2. The van der Waals surface area contributed by atoms with Gasteiger partial charge in [0, 0.05) is 11.1 Å². The third-order valence-corrected chi connectivity index (χ3v) is 4.47. The molecule has 1 amide bonds. The lowest BCUT2D eigenvalue weighted by Crippen LogP contribution is -2.17. The molecular weight excluding hydrogens is 371 g/mol. The summed E-state index contributed by atoms with van der Waals surface area (Å²) in [6, 6.07) is 12.2. The van der Waals surface area contributed by atoms with E-state index in [1.807, 2.05) is 24.3 Å². The van der Waals surface area contributed by atoms with E-state index in [1.165, 1.54) is 18.9 Å². The fraction of sp³-hybridized carbons (Fsp3) is 0.300. The molecule has 2 aromatic rings. The minimum Gasteiger partial charge on any atom is -0.493 e. The molecule has 2 aromatic carbocycles. The number of para-hydroxylation sites is 1. The Morgan fingerprint density at radius 2 is 1.92 bits per heavy atom. The minimum absolute atomic E-state index is 0.324. The molecule has 0 aliphatic carbocycles. The fourth-order valence-corrected chi connectivity index (χ4v) is 2.59. The molecule has 0 bridgehead atoms. The monoisotopic (exact) mass is 392 g/mol. The smallest absolute Gasteiger partial charge is 0.271 e. The van der Waals surface area contributed by atoms with Crippen LogP contribution in [0.3, 0.4) is 0 Å². The Hall–Kier alpha value is -2.04. The number of carbonyl (C=O) groups is 1. The van der Waals surface area contributed by atoms with Crippen LogP contribution in [0.25, 0.3) is 0 Å². The number of nitrogens with one attached hydrogen (secondary N) is 1. The number of hydrogen-bond donors (Lipinski definition) is 1. The number of hydrogen-bond acceptors (Lipinski definition) is 3. The van der Waals surface area contributed by atoms with Crippen molar-refractivity contribution in [2.24, 2.45) is 5.10 Å². The normalized spacial score (nSPS) is 10.9. The summed E-state index contributed by atoms with van der Waals surface area (Å²) < 4.78 is 5.82. The van der Waals surface area contributed by atoms with Crippen molar-refractivity contribution in [1.29, 1.82) is 0 Å². The molecule has 0 aromatic heterocycles. The quantitative estimate of drug-likeness (QED) is 0.337. The topological polar surface area (TPSA) is 50.7 Å². The van der Waals surface area contributed by atoms with Crippen LogP contribution in [-0.4, -0.2) is 18.7 Å². The van der Waals surface area contributed by atoms with Crippen molar-refractivity contribution in [3.8, 4) is 5.75 Å². The summed E-state index contributed by atoms with van der Waals surface area (Å²) in [5.74, 6) is 0.384. The Morgan fingerprint density at radius 1 is 1.12 bits per heavy atom. The van der Waals surface area contributed by atoms with Gasteiger partial charge in [-0.05, 0) is 36.8 Å². The predicted molar refractivity (Wildman–Crippen MR) is 108 cm³/mol. The lowest BCUT2D eigenvalue weighted by molar-refractivity contribution is 0.0955. The number of carbonyl (C=O) groups excluding carboxylic acids is 1. The van der Waals surface area contributed by atoms with Crippen LogP contribution in [0.5, 0.6) is 5.75 Å². The molecule has 0 unspecified atom stereocenters. The molecule has 0 saturated carbocycles. The van der Waals surface area contributed by atoms with Gasteiger partial charge in [-0.15, -0.1) is 0 Å². The summed E-state index contributed by atoms with van der Waals surface area (Å²) >= 11 is 11.8. The second-order valence-corrected chi connectivity index (χ2v) is 6.59. The van der Waals surface area contributed by atoms with Gasteiger partial charge in [0.15, 0.2) is 0 Å². The number of rotatable bonds is 9. The van der Waals surface area contributed by atoms with E-state index in [-0.39, 0.29) is 5.91 Å². The standard InChI is InChI=1S/C20H22Cl2N2O2/c1-2-3-4-7-12-26-19-9-6-5-8-16(19)14-23-24-20(25)15-10-11-17(21)18(22)13-15/h5-6,8-11,13-14H,2-4,7,12H2,1H3,(H,24,25)/b23-14-. The third-order valence-electron chi connectivity index (χ3n) is 3.73. The van der Waals surface area contributed by atoms with Gasteiger partial charge in [-0.2, -0.15) is 5.10 Å². The number of halogens is 2. The fourth-order valence-electron chi connectivity index (χ4n) is 2.29. The zero-order chi connectivity index (χ0) is 18.8. The number of amides is 1. The Kier molecular flexibility index (Phi) is 8.45. The Bertz CT molecular complexity index is 763. The molecule has 1 N–H and O–H groups in total. The molecule has 0 aliphatic heterocycles. The van der Waals surface area contributed by atoms with E-state index < -0.39 is 0 Å². The Labute approximate surface area is 164 Å². The lowest BCUT2D eigenvalue weighted by atomic mass is 10.2. The lowest BCUT2D eigenvalue weighted by Gasteiger charge is -2.08. The molecule has 0 radical (unpaired) electrons. The van der Waals surface area contributed by atoms with Crippen LogP contribution in [0.1, 0.15) is 48.5 Å². The van der Waals surface area contributed by atoms with Crippen LogP contribution in [0.15, 0.2) is 47.6 Å². The van der Waals surface area contributed by atoms with Gasteiger partial charge in [0.2, 0.25) is 0 Å². The van der Waals surface area contributed by atoms with Crippen LogP contribution in [0.2, 0.25) is 10.0 Å². The van der Waals surface area contributed by atoms with Gasteiger partial charge in [0.25, 0.3) is 5.91 Å². The maximum Gasteiger partial charge on any atom is 0.271 e. The summed E-state index contributed by atoms with van der Waals surface area (Å²) in [4.78, 5) is 12.1. The van der Waals surface area contributed by atoms with Crippen molar-refractivity contribution in [1.82, 2.24) is 5.43 Å². The van der Waals surface area contributed by atoms with E-state index in [4.69, 9.17) is 27.9 Å². The van der Waals surface area contributed by atoms with Gasteiger partial charge in [-0.3, -0.25) is 4.79 Å². The zero-order valence-electron chi connectivity index (χ0n) is 14.7. The van der Waals surface area contributed by atoms with Crippen molar-refractivity contribution in [2.45, 2.75) is 32.6 Å². The first-order chi connectivity index (χ1) is 12.6. The molecule has 0 aliphatic rings. The first kappa shape index (κ1) is 20.3. The molecule has 0 spiro atoms. The number of hydrazone groups is 1. The van der Waals surface area contributed by atoms with Gasteiger partial charge in [-0.1, -0.05) is 61.5 Å². The van der Waals surface area contributed by atoms with Crippen LogP contribution in [0, 0.1) is 0 Å². The average molecular weight is 393 g/mol. The maximum absolute atomic E-state index is 12.1. The molecule has 138 valence electrons. The Morgan fingerprint density at radius 3 is 2.69 bits per heavy atom. The summed E-state index contributed by atoms with van der Waals surface area (Å²) in [6.45, 7) is 2.85. The SMILES string of the molecule is CCCCCCOc1ccccc1/C=N\NC(=O)c1ccc(Cl)c(Cl)c1. The molecule has 0 atom stereocenters. The number of benzene rings is 2. The van der Waals surface area contributed by atoms with Gasteiger partial charge >= 0.3 is 0 Å². The summed E-state index contributed by atoms with van der Waals surface area (Å²) in [7, 11) is 0. The number of unbranched alkanes of at least 4 members (excludes halogenated alkanes) is 3. The van der Waals surface area contributed by atoms with Crippen LogP contribution >= 0.6 is 23.2 Å². The molecule has 0 saturated heterocycles. The van der Waals surface area contributed by atoms with E-state index in [9.17, 15) is 4.79 Å². The van der Waals surface area contributed by atoms with Crippen LogP contribution in [-0.2, 0) is 0 Å². The predicted octanol–water partition coefficient (Wildman–Crippen LogP) is 5.72. The van der Waals surface area contributed by atoms with E-state index in [0.29, 0.717) is 22.2 Å². The van der Waals surface area contributed by atoms with E-state index >= 15 is 0 Å². The molecule has 6 heteroatoms.